The van der Waals surface area contributed by atoms with Crippen molar-refractivity contribution >= 4 is 29.1 Å². The van der Waals surface area contributed by atoms with Crippen LogP contribution in [0.15, 0.2) is 71.5 Å². The van der Waals surface area contributed by atoms with E-state index in [2.05, 4.69) is 10.6 Å². The van der Waals surface area contributed by atoms with Crippen LogP contribution < -0.4 is 15.4 Å². The molecular formula is C20H17ClN2O4. The molecule has 2 N–H and O–H groups in total. The van der Waals surface area contributed by atoms with E-state index in [9.17, 15) is 9.59 Å². The summed E-state index contributed by atoms with van der Waals surface area (Å²) >= 11 is 6.07. The number of benzene rings is 2. The van der Waals surface area contributed by atoms with Crippen LogP contribution in [0.3, 0.4) is 0 Å². The van der Waals surface area contributed by atoms with E-state index in [1.165, 1.54) is 18.6 Å². The summed E-state index contributed by atoms with van der Waals surface area (Å²) in [7, 11) is 0. The minimum absolute atomic E-state index is 0.341. The molecule has 0 radical (unpaired) electrons. The summed E-state index contributed by atoms with van der Waals surface area (Å²) < 4.78 is 10.6. The van der Waals surface area contributed by atoms with Gasteiger partial charge in [-0.05, 0) is 49.4 Å². The van der Waals surface area contributed by atoms with Crippen molar-refractivity contribution in [1.29, 1.82) is 0 Å². The maximum absolute atomic E-state index is 12.2. The van der Waals surface area contributed by atoms with Crippen molar-refractivity contribution in [3.8, 4) is 11.5 Å². The molecule has 27 heavy (non-hydrogen) atoms. The SMILES string of the molecule is C[C@@H](NC(=O)c1ccoc1)C(=O)Nc1ccc(Oc2ccccc2Cl)cc1. The van der Waals surface area contributed by atoms with Crippen LogP contribution in [0, 0.1) is 0 Å². The number of furan rings is 1. The number of carbonyl (C=O) groups is 2. The monoisotopic (exact) mass is 384 g/mol. The Bertz CT molecular complexity index is 923. The lowest BCUT2D eigenvalue weighted by Gasteiger charge is -2.14. The largest absolute Gasteiger partial charge is 0.472 e. The predicted octanol–water partition coefficient (Wildman–Crippen LogP) is 4.48. The van der Waals surface area contributed by atoms with Crippen molar-refractivity contribution < 1.29 is 18.7 Å². The normalized spacial score (nSPS) is 11.5. The van der Waals surface area contributed by atoms with Crippen molar-refractivity contribution in [2.75, 3.05) is 5.32 Å². The van der Waals surface area contributed by atoms with Gasteiger partial charge in [0.05, 0.1) is 16.8 Å². The van der Waals surface area contributed by atoms with Gasteiger partial charge < -0.3 is 19.8 Å². The van der Waals surface area contributed by atoms with Gasteiger partial charge in [0.2, 0.25) is 5.91 Å². The molecule has 1 heterocycles. The van der Waals surface area contributed by atoms with Gasteiger partial charge in [-0.2, -0.15) is 0 Å². The molecule has 0 aliphatic rings. The first-order valence-corrected chi connectivity index (χ1v) is 8.57. The molecular weight excluding hydrogens is 368 g/mol. The van der Waals surface area contributed by atoms with Crippen LogP contribution in [-0.2, 0) is 4.79 Å². The summed E-state index contributed by atoms with van der Waals surface area (Å²) in [6, 6.07) is 14.8. The first-order valence-electron chi connectivity index (χ1n) is 8.19. The van der Waals surface area contributed by atoms with E-state index in [0.29, 0.717) is 27.8 Å². The van der Waals surface area contributed by atoms with E-state index in [1.807, 2.05) is 12.1 Å². The zero-order valence-electron chi connectivity index (χ0n) is 14.4. The molecule has 3 aromatic rings. The van der Waals surface area contributed by atoms with E-state index in [4.69, 9.17) is 20.8 Å². The second kappa shape index (κ2) is 8.42. The van der Waals surface area contributed by atoms with Gasteiger partial charge in [0.15, 0.2) is 0 Å². The van der Waals surface area contributed by atoms with Crippen molar-refractivity contribution in [3.63, 3.8) is 0 Å². The molecule has 0 aliphatic heterocycles. The van der Waals surface area contributed by atoms with E-state index in [0.717, 1.165) is 0 Å². The molecule has 0 fully saturated rings. The van der Waals surface area contributed by atoms with E-state index in [1.54, 1.807) is 43.3 Å². The molecule has 0 unspecified atom stereocenters. The fourth-order valence-corrected chi connectivity index (χ4v) is 2.42. The number of nitrogens with one attached hydrogen (secondary N) is 2. The number of hydrogen-bond acceptors (Lipinski definition) is 4. The summed E-state index contributed by atoms with van der Waals surface area (Å²) in [6.45, 7) is 1.60. The molecule has 7 heteroatoms. The van der Waals surface area contributed by atoms with Gasteiger partial charge in [-0.15, -0.1) is 0 Å². The smallest absolute Gasteiger partial charge is 0.255 e. The van der Waals surface area contributed by atoms with Crippen molar-refractivity contribution in [3.05, 3.63) is 77.7 Å². The molecule has 2 amide bonds. The van der Waals surface area contributed by atoms with Crippen LogP contribution in [0.4, 0.5) is 5.69 Å². The van der Waals surface area contributed by atoms with E-state index in [-0.39, 0.29) is 11.8 Å². The van der Waals surface area contributed by atoms with E-state index < -0.39 is 6.04 Å². The molecule has 0 aliphatic carbocycles. The highest BCUT2D eigenvalue weighted by Gasteiger charge is 2.17. The lowest BCUT2D eigenvalue weighted by Crippen LogP contribution is -2.41. The Hall–Kier alpha value is -3.25. The number of rotatable bonds is 6. The summed E-state index contributed by atoms with van der Waals surface area (Å²) in [5.74, 6) is 0.412. The zero-order valence-corrected chi connectivity index (χ0v) is 15.2. The highest BCUT2D eigenvalue weighted by Crippen LogP contribution is 2.29. The Labute approximate surface area is 161 Å². The molecule has 0 saturated heterocycles. The fraction of sp³-hybridized carbons (Fsp3) is 0.100. The molecule has 6 nitrogen and oxygen atoms in total. The van der Waals surface area contributed by atoms with Gasteiger partial charge in [-0.3, -0.25) is 9.59 Å². The molecule has 0 spiro atoms. The van der Waals surface area contributed by atoms with Crippen LogP contribution in [0.25, 0.3) is 0 Å². The number of ether oxygens (including phenoxy) is 1. The van der Waals surface area contributed by atoms with Crippen LogP contribution >= 0.6 is 11.6 Å². The zero-order chi connectivity index (χ0) is 19.2. The third-order valence-corrected chi connectivity index (χ3v) is 4.02. The Morgan fingerprint density at radius 2 is 1.81 bits per heavy atom. The number of carbonyl (C=O) groups excluding carboxylic acids is 2. The third-order valence-electron chi connectivity index (χ3n) is 3.71. The van der Waals surface area contributed by atoms with Crippen molar-refractivity contribution in [1.82, 2.24) is 5.32 Å². The Kier molecular flexibility index (Phi) is 5.78. The minimum Gasteiger partial charge on any atom is -0.472 e. The third kappa shape index (κ3) is 4.89. The van der Waals surface area contributed by atoms with Crippen LogP contribution in [0.5, 0.6) is 11.5 Å². The van der Waals surface area contributed by atoms with E-state index >= 15 is 0 Å². The minimum atomic E-state index is -0.716. The summed E-state index contributed by atoms with van der Waals surface area (Å²) in [6.07, 6.45) is 2.71. The highest BCUT2D eigenvalue weighted by molar-refractivity contribution is 6.32. The second-order valence-electron chi connectivity index (χ2n) is 5.75. The standard InChI is InChI=1S/C20H17ClN2O4/c1-13(22-20(25)14-10-11-26-12-14)19(24)23-15-6-8-16(9-7-15)27-18-5-3-2-4-17(18)21/h2-13H,1H3,(H,22,25)(H,23,24)/t13-/m1/s1. The Morgan fingerprint density at radius 1 is 1.07 bits per heavy atom. The Balaban J connectivity index is 1.56. The number of anilines is 1. The maximum Gasteiger partial charge on any atom is 0.255 e. The van der Waals surface area contributed by atoms with Gasteiger partial charge in [0.25, 0.3) is 5.91 Å². The number of para-hydroxylation sites is 1. The molecule has 0 bridgehead atoms. The lowest BCUT2D eigenvalue weighted by atomic mass is 10.2. The van der Waals surface area contributed by atoms with Crippen LogP contribution in [-0.4, -0.2) is 17.9 Å². The van der Waals surface area contributed by atoms with Gasteiger partial charge in [0, 0.05) is 5.69 Å². The maximum atomic E-state index is 12.2. The molecule has 0 saturated carbocycles. The lowest BCUT2D eigenvalue weighted by molar-refractivity contribution is -0.117. The fourth-order valence-electron chi connectivity index (χ4n) is 2.25. The molecule has 1 aromatic heterocycles. The topological polar surface area (TPSA) is 80.6 Å². The summed E-state index contributed by atoms with van der Waals surface area (Å²) in [5, 5.41) is 5.85. The average molecular weight is 385 g/mol. The second-order valence-corrected chi connectivity index (χ2v) is 6.16. The molecule has 2 aromatic carbocycles. The average Bonchev–Trinajstić information content (AvgIpc) is 3.20. The predicted molar refractivity (Wildman–Crippen MR) is 102 cm³/mol. The first kappa shape index (κ1) is 18.5. The quantitative estimate of drug-likeness (QED) is 0.656. The van der Waals surface area contributed by atoms with Gasteiger partial charge in [-0.25, -0.2) is 0 Å². The molecule has 138 valence electrons. The van der Waals surface area contributed by atoms with Crippen molar-refractivity contribution in [2.45, 2.75) is 13.0 Å². The summed E-state index contributed by atoms with van der Waals surface area (Å²) in [4.78, 5) is 24.2. The van der Waals surface area contributed by atoms with Crippen LogP contribution in [0.1, 0.15) is 17.3 Å². The van der Waals surface area contributed by atoms with Gasteiger partial charge in [-0.1, -0.05) is 23.7 Å². The highest BCUT2D eigenvalue weighted by atomic mass is 35.5. The number of halogens is 1. The molecule has 3 rings (SSSR count). The summed E-state index contributed by atoms with van der Waals surface area (Å²) in [5.41, 5.74) is 0.937. The van der Waals surface area contributed by atoms with Crippen molar-refractivity contribution in [2.24, 2.45) is 0 Å². The Morgan fingerprint density at radius 3 is 2.48 bits per heavy atom. The number of amides is 2. The first-order chi connectivity index (χ1) is 13.0. The van der Waals surface area contributed by atoms with Crippen LogP contribution in [0.2, 0.25) is 5.02 Å². The number of hydrogen-bond donors (Lipinski definition) is 2. The van der Waals surface area contributed by atoms with Gasteiger partial charge in [0.1, 0.15) is 23.8 Å². The molecule has 1 atom stereocenters. The van der Waals surface area contributed by atoms with Gasteiger partial charge >= 0.3 is 0 Å².